The van der Waals surface area contributed by atoms with Crippen LogP contribution in [0.4, 0.5) is 0 Å². The van der Waals surface area contributed by atoms with Crippen molar-refractivity contribution in [2.45, 2.75) is 50.9 Å². The van der Waals surface area contributed by atoms with E-state index in [1.54, 1.807) is 20.1 Å². The van der Waals surface area contributed by atoms with Gasteiger partial charge in [-0.15, -0.1) is 0 Å². The van der Waals surface area contributed by atoms with Crippen LogP contribution in [0.5, 0.6) is 0 Å². The molecule has 30 heavy (non-hydrogen) atoms. The molecule has 0 aliphatic carbocycles. The van der Waals surface area contributed by atoms with Gasteiger partial charge in [0, 0.05) is 0 Å². The summed E-state index contributed by atoms with van der Waals surface area (Å²) in [5, 5.41) is 25.2. The Labute approximate surface area is 178 Å². The van der Waals surface area contributed by atoms with Crippen LogP contribution in [-0.4, -0.2) is 82.6 Å². The van der Waals surface area contributed by atoms with Crippen molar-refractivity contribution in [3.05, 3.63) is 0 Å². The van der Waals surface area contributed by atoms with Crippen molar-refractivity contribution < 1.29 is 34.2 Å². The van der Waals surface area contributed by atoms with E-state index >= 15 is 0 Å². The third-order valence-corrected chi connectivity index (χ3v) is 4.69. The summed E-state index contributed by atoms with van der Waals surface area (Å²) < 4.78 is 0. The number of nitrogens with two attached hydrogens (primary N) is 2. The van der Waals surface area contributed by atoms with Gasteiger partial charge in [0.25, 0.3) is 0 Å². The van der Waals surface area contributed by atoms with Gasteiger partial charge in [0.05, 0.1) is 13.0 Å². The molecule has 0 fully saturated rings. The number of carboxylic acids is 1. The summed E-state index contributed by atoms with van der Waals surface area (Å²) in [4.78, 5) is 59.8. The first-order chi connectivity index (χ1) is 13.9. The molecule has 172 valence electrons. The van der Waals surface area contributed by atoms with Gasteiger partial charge in [0.1, 0.15) is 24.2 Å². The Balaban J connectivity index is 5.43. The summed E-state index contributed by atoms with van der Waals surface area (Å²) in [7, 11) is 0. The van der Waals surface area contributed by atoms with Crippen LogP contribution in [0.1, 0.15) is 26.7 Å². The molecule has 0 bridgehead atoms. The molecule has 9 N–H and O–H groups in total. The molecule has 12 nitrogen and oxygen atoms in total. The van der Waals surface area contributed by atoms with E-state index < -0.39 is 72.7 Å². The Bertz CT molecular complexity index is 632. The van der Waals surface area contributed by atoms with Gasteiger partial charge in [0.2, 0.25) is 23.6 Å². The maximum atomic E-state index is 12.7. The number of hydrogen-bond acceptors (Lipinski definition) is 8. The predicted molar refractivity (Wildman–Crippen MR) is 110 cm³/mol. The van der Waals surface area contributed by atoms with Crippen LogP contribution in [0.15, 0.2) is 0 Å². The highest BCUT2D eigenvalue weighted by Gasteiger charge is 2.31. The molecule has 0 aliphatic heterocycles. The summed E-state index contributed by atoms with van der Waals surface area (Å²) in [5.74, 6) is -4.58. The number of aliphatic hydroxyl groups excluding tert-OH is 1. The summed E-state index contributed by atoms with van der Waals surface area (Å²) in [6, 6.07) is -5.00. The molecule has 4 amide bonds. The molecule has 0 aromatic heterocycles. The molecule has 4 unspecified atom stereocenters. The molecule has 4 atom stereocenters. The fourth-order valence-corrected chi connectivity index (χ4v) is 2.79. The third kappa shape index (κ3) is 9.89. The zero-order chi connectivity index (χ0) is 23.4. The third-order valence-electron chi connectivity index (χ3n) is 4.05. The van der Waals surface area contributed by atoms with Crippen LogP contribution < -0.4 is 27.4 Å². The fourth-order valence-electron chi connectivity index (χ4n) is 2.32. The molecule has 0 aliphatic rings. The van der Waals surface area contributed by atoms with Gasteiger partial charge in [-0.25, -0.2) is 4.79 Å². The van der Waals surface area contributed by atoms with Crippen molar-refractivity contribution in [3.63, 3.8) is 0 Å². The standard InChI is InChI=1S/C17H31N5O7S/c1-8(2)13(17(28)29)22-16(27)11(6-12(19)24)21-15(26)10(4-5-30-3)20-14(25)9(18)7-23/h8-11,13,23H,4-7,18H2,1-3H3,(H2,19,24)(H,20,25)(H,21,26)(H,22,27)(H,28,29). The summed E-state index contributed by atoms with van der Waals surface area (Å²) in [6.07, 6.45) is 1.41. The molecule has 0 aromatic rings. The Morgan fingerprint density at radius 3 is 1.93 bits per heavy atom. The van der Waals surface area contributed by atoms with E-state index in [1.165, 1.54) is 11.8 Å². The van der Waals surface area contributed by atoms with Crippen LogP contribution in [0.2, 0.25) is 0 Å². The number of carbonyl (C=O) groups is 5. The second kappa shape index (κ2) is 13.8. The highest BCUT2D eigenvalue weighted by Crippen LogP contribution is 2.06. The zero-order valence-electron chi connectivity index (χ0n) is 17.2. The van der Waals surface area contributed by atoms with Crippen LogP contribution in [0, 0.1) is 5.92 Å². The Hall–Kier alpha value is -2.38. The molecule has 0 saturated heterocycles. The lowest BCUT2D eigenvalue weighted by Crippen LogP contribution is -2.58. The van der Waals surface area contributed by atoms with Gasteiger partial charge >= 0.3 is 5.97 Å². The van der Waals surface area contributed by atoms with E-state index in [-0.39, 0.29) is 6.42 Å². The van der Waals surface area contributed by atoms with E-state index in [0.29, 0.717) is 5.75 Å². The fraction of sp³-hybridized carbons (Fsp3) is 0.706. The Kier molecular flexibility index (Phi) is 12.7. The van der Waals surface area contributed by atoms with Crippen molar-refractivity contribution >= 4 is 41.4 Å². The van der Waals surface area contributed by atoms with Crippen LogP contribution >= 0.6 is 11.8 Å². The largest absolute Gasteiger partial charge is 0.480 e. The average molecular weight is 450 g/mol. The van der Waals surface area contributed by atoms with E-state index in [1.807, 2.05) is 0 Å². The van der Waals surface area contributed by atoms with Gasteiger partial charge in [-0.05, 0) is 24.3 Å². The zero-order valence-corrected chi connectivity index (χ0v) is 18.0. The van der Waals surface area contributed by atoms with Crippen molar-refractivity contribution in [2.75, 3.05) is 18.6 Å². The van der Waals surface area contributed by atoms with Gasteiger partial charge in [0.15, 0.2) is 0 Å². The summed E-state index contributed by atoms with van der Waals surface area (Å²) in [6.45, 7) is 2.54. The monoisotopic (exact) mass is 449 g/mol. The number of amides is 4. The first kappa shape index (κ1) is 27.6. The summed E-state index contributed by atoms with van der Waals surface area (Å²) in [5.41, 5.74) is 10.6. The number of rotatable bonds is 14. The number of nitrogens with one attached hydrogen (secondary N) is 3. The molecule has 0 radical (unpaired) electrons. The number of primary amides is 1. The molecule has 0 spiro atoms. The number of carbonyl (C=O) groups excluding carboxylic acids is 4. The lowest BCUT2D eigenvalue weighted by atomic mass is 10.0. The predicted octanol–water partition coefficient (Wildman–Crippen LogP) is -2.87. The molecular weight excluding hydrogens is 418 g/mol. The molecular formula is C17H31N5O7S. The average Bonchev–Trinajstić information content (AvgIpc) is 2.66. The van der Waals surface area contributed by atoms with E-state index in [2.05, 4.69) is 16.0 Å². The lowest BCUT2D eigenvalue weighted by Gasteiger charge is -2.25. The quantitative estimate of drug-likeness (QED) is 0.145. The minimum Gasteiger partial charge on any atom is -0.480 e. The van der Waals surface area contributed by atoms with Crippen LogP contribution in [0.25, 0.3) is 0 Å². The maximum absolute atomic E-state index is 12.7. The minimum atomic E-state index is -1.43. The Morgan fingerprint density at radius 2 is 1.50 bits per heavy atom. The molecule has 0 rings (SSSR count). The van der Waals surface area contributed by atoms with Crippen molar-refractivity contribution in [1.82, 2.24) is 16.0 Å². The molecule has 0 heterocycles. The van der Waals surface area contributed by atoms with Crippen LogP contribution in [0.3, 0.4) is 0 Å². The van der Waals surface area contributed by atoms with Crippen LogP contribution in [-0.2, 0) is 24.0 Å². The first-order valence-electron chi connectivity index (χ1n) is 9.22. The van der Waals surface area contributed by atoms with Gasteiger partial charge < -0.3 is 37.6 Å². The smallest absolute Gasteiger partial charge is 0.326 e. The SMILES string of the molecule is CSCCC(NC(=O)C(N)CO)C(=O)NC(CC(N)=O)C(=O)NC(C(=O)O)C(C)C. The maximum Gasteiger partial charge on any atom is 0.326 e. The minimum absolute atomic E-state index is 0.186. The van der Waals surface area contributed by atoms with E-state index in [4.69, 9.17) is 16.6 Å². The molecule has 0 aromatic carbocycles. The number of hydrogen-bond donors (Lipinski definition) is 7. The molecule has 13 heteroatoms. The number of aliphatic hydroxyl groups is 1. The Morgan fingerprint density at radius 1 is 0.967 bits per heavy atom. The van der Waals surface area contributed by atoms with Gasteiger partial charge in [-0.3, -0.25) is 19.2 Å². The van der Waals surface area contributed by atoms with Gasteiger partial charge in [-0.1, -0.05) is 13.8 Å². The van der Waals surface area contributed by atoms with Crippen molar-refractivity contribution in [2.24, 2.45) is 17.4 Å². The number of carboxylic acid groups (broad SMARTS) is 1. The topological polar surface area (TPSA) is 214 Å². The second-order valence-electron chi connectivity index (χ2n) is 6.93. The number of aliphatic carboxylic acids is 1. The normalized spacial score (nSPS) is 14.9. The first-order valence-corrected chi connectivity index (χ1v) is 10.6. The van der Waals surface area contributed by atoms with Crippen molar-refractivity contribution in [3.8, 4) is 0 Å². The lowest BCUT2D eigenvalue weighted by molar-refractivity contribution is -0.143. The molecule has 0 saturated carbocycles. The summed E-state index contributed by atoms with van der Waals surface area (Å²) >= 11 is 1.41. The van der Waals surface area contributed by atoms with Gasteiger partial charge in [-0.2, -0.15) is 11.8 Å². The van der Waals surface area contributed by atoms with Crippen molar-refractivity contribution in [1.29, 1.82) is 0 Å². The highest BCUT2D eigenvalue weighted by atomic mass is 32.2. The second-order valence-corrected chi connectivity index (χ2v) is 7.92. The van der Waals surface area contributed by atoms with E-state index in [0.717, 1.165) is 0 Å². The highest BCUT2D eigenvalue weighted by molar-refractivity contribution is 7.98. The van der Waals surface area contributed by atoms with E-state index in [9.17, 15) is 29.1 Å². The number of thioether (sulfide) groups is 1.